The molecule has 1 heterocycles. The van der Waals surface area contributed by atoms with E-state index in [2.05, 4.69) is 12.2 Å². The summed E-state index contributed by atoms with van der Waals surface area (Å²) in [5.74, 6) is -0.563. The molecule has 150 valence electrons. The first kappa shape index (κ1) is 22.3. The maximum absolute atomic E-state index is 11.2. The number of anilines is 1. The van der Waals surface area contributed by atoms with E-state index in [4.69, 9.17) is 5.26 Å². The highest BCUT2D eigenvalue weighted by atomic mass is 16.2. The number of carbonyl (C=O) groups excluding carboxylic acids is 2. The van der Waals surface area contributed by atoms with Gasteiger partial charge in [-0.15, -0.1) is 0 Å². The molecule has 0 fully saturated rings. The maximum atomic E-state index is 11.2. The van der Waals surface area contributed by atoms with Gasteiger partial charge in [0.25, 0.3) is 11.8 Å². The zero-order chi connectivity index (χ0) is 21.4. The lowest BCUT2D eigenvalue weighted by Gasteiger charge is -2.12. The van der Waals surface area contributed by atoms with Gasteiger partial charge in [0.15, 0.2) is 0 Å². The summed E-state index contributed by atoms with van der Waals surface area (Å²) in [6, 6.07) is 20.7. The predicted molar refractivity (Wildman–Crippen MR) is 121 cm³/mol. The quantitative estimate of drug-likeness (QED) is 0.293. The average Bonchev–Trinajstić information content (AvgIpc) is 3.47. The maximum Gasteiger partial charge on any atom is 0.258 e. The third-order valence-electron chi connectivity index (χ3n) is 4.10. The van der Waals surface area contributed by atoms with Crippen molar-refractivity contribution in [2.24, 2.45) is 0 Å². The van der Waals surface area contributed by atoms with Crippen LogP contribution in [-0.2, 0) is 9.59 Å². The van der Waals surface area contributed by atoms with Crippen LogP contribution in [0.5, 0.6) is 0 Å². The minimum atomic E-state index is -0.281. The lowest BCUT2D eigenvalue weighted by atomic mass is 10.2. The summed E-state index contributed by atoms with van der Waals surface area (Å²) in [7, 11) is 0. The number of hydrogen-bond donors (Lipinski definition) is 0. The van der Waals surface area contributed by atoms with Crippen LogP contribution in [0.4, 0.5) is 5.69 Å². The van der Waals surface area contributed by atoms with Gasteiger partial charge in [-0.3, -0.25) is 9.59 Å². The fourth-order valence-electron chi connectivity index (χ4n) is 2.65. The van der Waals surface area contributed by atoms with Crippen LogP contribution >= 0.6 is 0 Å². The Hall–Kier alpha value is -3.97. The summed E-state index contributed by atoms with van der Waals surface area (Å²) in [6.45, 7) is 0. The van der Waals surface area contributed by atoms with E-state index in [0.717, 1.165) is 10.5 Å². The van der Waals surface area contributed by atoms with Gasteiger partial charge in [0.1, 0.15) is 0 Å². The van der Waals surface area contributed by atoms with Crippen LogP contribution in [0, 0.1) is 11.3 Å². The Kier molecular flexibility index (Phi) is 9.86. The Morgan fingerprint density at radius 3 is 1.87 bits per heavy atom. The molecule has 0 atom stereocenters. The van der Waals surface area contributed by atoms with Crippen molar-refractivity contribution >= 4 is 23.6 Å². The van der Waals surface area contributed by atoms with Crippen LogP contribution in [0.25, 0.3) is 6.08 Å². The summed E-state index contributed by atoms with van der Waals surface area (Å²) < 4.78 is 0. The number of allylic oxidation sites excluding steroid dienone is 5. The third kappa shape index (κ3) is 7.95. The zero-order valence-corrected chi connectivity index (χ0v) is 16.7. The molecule has 0 N–H and O–H groups in total. The van der Waals surface area contributed by atoms with Gasteiger partial charge in [-0.25, -0.2) is 4.90 Å². The van der Waals surface area contributed by atoms with Crippen molar-refractivity contribution in [3.63, 3.8) is 0 Å². The molecule has 1 aliphatic heterocycles. The first-order chi connectivity index (χ1) is 14.7. The Morgan fingerprint density at radius 2 is 1.37 bits per heavy atom. The average molecular weight is 396 g/mol. The molecule has 0 saturated heterocycles. The van der Waals surface area contributed by atoms with E-state index < -0.39 is 0 Å². The molecule has 0 radical (unpaired) electrons. The van der Waals surface area contributed by atoms with Crippen LogP contribution in [0.3, 0.4) is 0 Å². The molecule has 2 aliphatic rings. The van der Waals surface area contributed by atoms with Crippen LogP contribution in [-0.4, -0.2) is 11.8 Å². The smallest absolute Gasteiger partial charge is 0.258 e. The molecule has 0 saturated carbocycles. The van der Waals surface area contributed by atoms with E-state index >= 15 is 0 Å². The Morgan fingerprint density at radius 1 is 0.800 bits per heavy atom. The van der Waals surface area contributed by atoms with Crippen LogP contribution in [0.2, 0.25) is 0 Å². The first-order valence-corrected chi connectivity index (χ1v) is 9.76. The normalized spacial score (nSPS) is 14.4. The molecule has 2 aromatic carbocycles. The molecule has 4 rings (SSSR count). The van der Waals surface area contributed by atoms with Gasteiger partial charge in [0, 0.05) is 18.2 Å². The second-order valence-corrected chi connectivity index (χ2v) is 6.34. The summed E-state index contributed by atoms with van der Waals surface area (Å²) in [5.41, 5.74) is 1.75. The fourth-order valence-corrected chi connectivity index (χ4v) is 2.65. The zero-order valence-electron chi connectivity index (χ0n) is 16.7. The summed E-state index contributed by atoms with van der Waals surface area (Å²) in [4.78, 5) is 23.5. The molecule has 4 heteroatoms. The van der Waals surface area contributed by atoms with E-state index in [0.29, 0.717) is 5.69 Å². The van der Waals surface area contributed by atoms with Crippen LogP contribution < -0.4 is 4.90 Å². The number of para-hydroxylation sites is 1. The molecule has 0 unspecified atom stereocenters. The summed E-state index contributed by atoms with van der Waals surface area (Å²) in [6.07, 6.45) is 18.0. The highest BCUT2D eigenvalue weighted by Gasteiger charge is 2.24. The Bertz CT molecular complexity index is 941. The SMILES string of the molecule is C1=CCCC1.N#CC=CC=Cc1ccccc1.O=C1C=CC(=O)N1c1ccccc1. The molecular weight excluding hydrogens is 372 g/mol. The number of carbonyl (C=O) groups is 2. The van der Waals surface area contributed by atoms with Crippen molar-refractivity contribution in [2.45, 2.75) is 19.3 Å². The van der Waals surface area contributed by atoms with Gasteiger partial charge < -0.3 is 0 Å². The number of hydrogen-bond acceptors (Lipinski definition) is 3. The van der Waals surface area contributed by atoms with Gasteiger partial charge in [-0.2, -0.15) is 5.26 Å². The van der Waals surface area contributed by atoms with Gasteiger partial charge in [0.2, 0.25) is 0 Å². The van der Waals surface area contributed by atoms with E-state index in [9.17, 15) is 9.59 Å². The molecule has 0 aromatic heterocycles. The molecule has 4 nitrogen and oxygen atoms in total. The lowest BCUT2D eigenvalue weighted by molar-refractivity contribution is -0.119. The number of benzene rings is 2. The second kappa shape index (κ2) is 13.2. The number of rotatable bonds is 3. The Labute approximate surface area is 177 Å². The molecule has 2 amide bonds. The number of imide groups is 1. The van der Waals surface area contributed by atoms with Crippen molar-refractivity contribution < 1.29 is 9.59 Å². The van der Waals surface area contributed by atoms with Gasteiger partial charge >= 0.3 is 0 Å². The lowest BCUT2D eigenvalue weighted by Crippen LogP contribution is -2.29. The van der Waals surface area contributed by atoms with Crippen molar-refractivity contribution in [3.05, 3.63) is 109 Å². The van der Waals surface area contributed by atoms with E-state index in [1.165, 1.54) is 37.5 Å². The molecule has 1 aliphatic carbocycles. The summed E-state index contributed by atoms with van der Waals surface area (Å²) >= 11 is 0. The monoisotopic (exact) mass is 396 g/mol. The number of amides is 2. The minimum Gasteiger partial charge on any atom is -0.269 e. The first-order valence-electron chi connectivity index (χ1n) is 9.76. The van der Waals surface area contributed by atoms with E-state index in [1.807, 2.05) is 54.6 Å². The predicted octanol–water partition coefficient (Wildman–Crippen LogP) is 5.62. The Balaban J connectivity index is 0.000000175. The van der Waals surface area contributed by atoms with Crippen molar-refractivity contribution in [1.29, 1.82) is 5.26 Å². The largest absolute Gasteiger partial charge is 0.269 e. The highest BCUT2D eigenvalue weighted by molar-refractivity contribution is 6.28. The summed E-state index contributed by atoms with van der Waals surface area (Å²) in [5, 5.41) is 8.19. The van der Waals surface area contributed by atoms with E-state index in [-0.39, 0.29) is 11.8 Å². The van der Waals surface area contributed by atoms with Gasteiger partial charge in [0.05, 0.1) is 11.8 Å². The number of nitriles is 1. The van der Waals surface area contributed by atoms with Crippen LogP contribution in [0.1, 0.15) is 24.8 Å². The number of nitrogens with zero attached hydrogens (tertiary/aromatic N) is 2. The van der Waals surface area contributed by atoms with Gasteiger partial charge in [-0.05, 0) is 37.0 Å². The molecule has 0 bridgehead atoms. The fraction of sp³-hybridized carbons (Fsp3) is 0.115. The molecule has 2 aromatic rings. The standard InChI is InChI=1S/C11H9N.C10H7NO2.C5H8/c12-10-6-2-5-9-11-7-3-1-4-8-11;12-9-6-7-10(13)11(9)8-4-2-1-3-5-8;1-2-4-5-3-1/h1-9H;1-7H;1-2H,3-5H2. The minimum absolute atomic E-state index is 0.281. The molecular formula is C26H24N2O2. The molecule has 0 spiro atoms. The second-order valence-electron chi connectivity index (χ2n) is 6.34. The van der Waals surface area contributed by atoms with Crippen molar-refractivity contribution in [2.75, 3.05) is 4.90 Å². The molecule has 30 heavy (non-hydrogen) atoms. The topological polar surface area (TPSA) is 61.2 Å². The van der Waals surface area contributed by atoms with Crippen molar-refractivity contribution in [3.8, 4) is 6.07 Å². The van der Waals surface area contributed by atoms with Crippen molar-refractivity contribution in [1.82, 2.24) is 0 Å². The van der Waals surface area contributed by atoms with Gasteiger partial charge in [-0.1, -0.05) is 78.9 Å². The highest BCUT2D eigenvalue weighted by Crippen LogP contribution is 2.17. The third-order valence-corrected chi connectivity index (χ3v) is 4.10. The van der Waals surface area contributed by atoms with Crippen LogP contribution in [0.15, 0.2) is 103 Å². The van der Waals surface area contributed by atoms with E-state index in [1.54, 1.807) is 30.3 Å².